The largest absolute Gasteiger partial charge is 0.495 e. The third-order valence-electron chi connectivity index (χ3n) is 2.04. The highest BCUT2D eigenvalue weighted by molar-refractivity contribution is 7.12. The normalized spacial score (nSPS) is 10.2. The maximum atomic E-state index is 11.7. The molecular weight excluding hydrogens is 242 g/mol. The van der Waals surface area contributed by atoms with Gasteiger partial charge in [-0.1, -0.05) is 0 Å². The van der Waals surface area contributed by atoms with Crippen LogP contribution in [-0.2, 0) is 4.74 Å². The van der Waals surface area contributed by atoms with Gasteiger partial charge in [-0.05, 0) is 17.9 Å². The van der Waals surface area contributed by atoms with Gasteiger partial charge in [0.15, 0.2) is 0 Å². The zero-order valence-electron chi connectivity index (χ0n) is 9.77. The van der Waals surface area contributed by atoms with Crippen LogP contribution in [0.5, 0.6) is 5.75 Å². The maximum absolute atomic E-state index is 11.7. The summed E-state index contributed by atoms with van der Waals surface area (Å²) in [4.78, 5) is 12.3. The highest BCUT2D eigenvalue weighted by Crippen LogP contribution is 2.23. The van der Waals surface area contributed by atoms with Gasteiger partial charge in [0, 0.05) is 13.2 Å². The first-order chi connectivity index (χ1) is 8.29. The molecule has 0 bridgehead atoms. The second kappa shape index (κ2) is 8.05. The van der Waals surface area contributed by atoms with E-state index in [9.17, 15) is 4.79 Å². The molecule has 0 saturated heterocycles. The Morgan fingerprint density at radius 2 is 2.35 bits per heavy atom. The molecule has 1 amide bonds. The molecule has 1 heterocycles. The summed E-state index contributed by atoms with van der Waals surface area (Å²) >= 11 is 1.35. The van der Waals surface area contributed by atoms with Crippen LogP contribution in [0.4, 0.5) is 0 Å². The quantitative estimate of drug-likeness (QED) is 0.680. The second-order valence-electron chi connectivity index (χ2n) is 3.26. The van der Waals surface area contributed by atoms with Gasteiger partial charge in [-0.25, -0.2) is 0 Å². The Bertz CT molecular complexity index is 340. The molecule has 96 valence electrons. The van der Waals surface area contributed by atoms with Gasteiger partial charge in [0.25, 0.3) is 5.91 Å². The molecule has 0 radical (unpaired) electrons. The van der Waals surface area contributed by atoms with Crippen LogP contribution in [0.1, 0.15) is 16.1 Å². The fourth-order valence-corrected chi connectivity index (χ4v) is 2.02. The van der Waals surface area contributed by atoms with Crippen LogP contribution >= 0.6 is 11.3 Å². The Labute approximate surface area is 104 Å². The van der Waals surface area contributed by atoms with Crippen molar-refractivity contribution < 1.29 is 19.4 Å². The van der Waals surface area contributed by atoms with E-state index in [-0.39, 0.29) is 12.5 Å². The number of aliphatic hydroxyl groups is 1. The van der Waals surface area contributed by atoms with Crippen molar-refractivity contribution in [2.45, 2.75) is 6.42 Å². The Kier molecular flexibility index (Phi) is 6.61. The summed E-state index contributed by atoms with van der Waals surface area (Å²) in [5, 5.41) is 13.1. The molecule has 0 unspecified atom stereocenters. The molecule has 0 saturated carbocycles. The van der Waals surface area contributed by atoms with E-state index in [1.54, 1.807) is 13.2 Å². The summed E-state index contributed by atoms with van der Waals surface area (Å²) in [7, 11) is 1.54. The number of nitrogens with one attached hydrogen (secondary N) is 1. The van der Waals surface area contributed by atoms with E-state index < -0.39 is 0 Å². The Balaban J connectivity index is 2.21. The fourth-order valence-electron chi connectivity index (χ4n) is 1.25. The zero-order valence-corrected chi connectivity index (χ0v) is 10.6. The van der Waals surface area contributed by atoms with Gasteiger partial charge >= 0.3 is 0 Å². The summed E-state index contributed by atoms with van der Waals surface area (Å²) in [6.45, 7) is 1.44. The molecule has 0 atom stereocenters. The molecule has 0 spiro atoms. The monoisotopic (exact) mass is 259 g/mol. The molecule has 0 fully saturated rings. The van der Waals surface area contributed by atoms with Gasteiger partial charge in [0.2, 0.25) is 0 Å². The van der Waals surface area contributed by atoms with Crippen molar-refractivity contribution in [2.75, 3.05) is 33.5 Å². The molecule has 1 aromatic heterocycles. The van der Waals surface area contributed by atoms with Gasteiger partial charge in [-0.2, -0.15) is 0 Å². The van der Waals surface area contributed by atoms with Crippen LogP contribution in [-0.4, -0.2) is 44.5 Å². The average Bonchev–Trinajstić information content (AvgIpc) is 2.81. The predicted octanol–water partition coefficient (Wildman–Crippen LogP) is 0.885. The lowest BCUT2D eigenvalue weighted by Crippen LogP contribution is -2.24. The first-order valence-electron chi connectivity index (χ1n) is 5.38. The molecule has 6 heteroatoms. The van der Waals surface area contributed by atoms with Crippen LogP contribution in [0.3, 0.4) is 0 Å². The van der Waals surface area contributed by atoms with Crippen molar-refractivity contribution in [3.8, 4) is 5.75 Å². The third kappa shape index (κ3) is 4.72. The smallest absolute Gasteiger partial charge is 0.265 e. The highest BCUT2D eigenvalue weighted by atomic mass is 32.1. The molecular formula is C11H17NO4S. The molecule has 5 nitrogen and oxygen atoms in total. The van der Waals surface area contributed by atoms with Crippen molar-refractivity contribution in [3.05, 3.63) is 16.3 Å². The lowest BCUT2D eigenvalue weighted by molar-refractivity contribution is 0.0868. The topological polar surface area (TPSA) is 67.8 Å². The Morgan fingerprint density at radius 1 is 1.53 bits per heavy atom. The Hall–Kier alpha value is -1.11. The number of carbonyl (C=O) groups excluding carboxylic acids is 1. The maximum Gasteiger partial charge on any atom is 0.265 e. The molecule has 0 aliphatic rings. The molecule has 1 rings (SSSR count). The summed E-state index contributed by atoms with van der Waals surface area (Å²) in [5.74, 6) is 0.475. The Morgan fingerprint density at radius 3 is 3.06 bits per heavy atom. The molecule has 2 N–H and O–H groups in total. The number of carbonyl (C=O) groups is 1. The fraction of sp³-hybridized carbons (Fsp3) is 0.545. The molecule has 0 aromatic carbocycles. The van der Waals surface area contributed by atoms with Gasteiger partial charge in [0.05, 0.1) is 20.3 Å². The summed E-state index contributed by atoms with van der Waals surface area (Å²) in [6, 6.07) is 1.77. The minimum absolute atomic E-state index is 0.0265. The van der Waals surface area contributed by atoms with E-state index in [1.807, 2.05) is 5.38 Å². The number of amides is 1. The van der Waals surface area contributed by atoms with Gasteiger partial charge < -0.3 is 19.9 Å². The number of hydrogen-bond donors (Lipinski definition) is 2. The molecule has 1 aromatic rings. The van der Waals surface area contributed by atoms with Crippen LogP contribution in [0.2, 0.25) is 0 Å². The van der Waals surface area contributed by atoms with E-state index in [0.717, 1.165) is 6.42 Å². The third-order valence-corrected chi connectivity index (χ3v) is 2.94. The van der Waals surface area contributed by atoms with Gasteiger partial charge in [-0.15, -0.1) is 11.3 Å². The lowest BCUT2D eigenvalue weighted by Gasteiger charge is -2.05. The average molecular weight is 259 g/mol. The van der Waals surface area contributed by atoms with Crippen molar-refractivity contribution in [1.82, 2.24) is 5.32 Å². The van der Waals surface area contributed by atoms with E-state index in [1.165, 1.54) is 11.3 Å². The lowest BCUT2D eigenvalue weighted by atomic mass is 10.4. The molecule has 0 aliphatic carbocycles. The zero-order chi connectivity index (χ0) is 12.5. The molecule has 0 aliphatic heterocycles. The highest BCUT2D eigenvalue weighted by Gasteiger charge is 2.12. The summed E-state index contributed by atoms with van der Waals surface area (Å²) in [5.41, 5.74) is 0. The van der Waals surface area contributed by atoms with Crippen molar-refractivity contribution >= 4 is 17.2 Å². The number of aliphatic hydroxyl groups excluding tert-OH is 1. The minimum Gasteiger partial charge on any atom is -0.495 e. The van der Waals surface area contributed by atoms with Crippen LogP contribution in [0.15, 0.2) is 11.4 Å². The standard InChI is InChI=1S/C11H17NO4S/c1-15-9-3-8-17-10(9)11(14)12-4-2-6-16-7-5-13/h3,8,13H,2,4-7H2,1H3,(H,12,14). The number of rotatable bonds is 8. The van der Waals surface area contributed by atoms with E-state index >= 15 is 0 Å². The van der Waals surface area contributed by atoms with E-state index in [4.69, 9.17) is 14.6 Å². The van der Waals surface area contributed by atoms with Crippen LogP contribution in [0, 0.1) is 0 Å². The molecule has 17 heavy (non-hydrogen) atoms. The first kappa shape index (κ1) is 14.0. The second-order valence-corrected chi connectivity index (χ2v) is 4.18. The van der Waals surface area contributed by atoms with Crippen molar-refractivity contribution in [1.29, 1.82) is 0 Å². The van der Waals surface area contributed by atoms with Gasteiger partial charge in [0.1, 0.15) is 10.6 Å². The van der Waals surface area contributed by atoms with Crippen LogP contribution in [0.25, 0.3) is 0 Å². The first-order valence-corrected chi connectivity index (χ1v) is 6.26. The van der Waals surface area contributed by atoms with Crippen LogP contribution < -0.4 is 10.1 Å². The van der Waals surface area contributed by atoms with Gasteiger partial charge in [-0.3, -0.25) is 4.79 Å². The van der Waals surface area contributed by atoms with Crippen molar-refractivity contribution in [2.24, 2.45) is 0 Å². The summed E-state index contributed by atoms with van der Waals surface area (Å²) in [6.07, 6.45) is 0.722. The number of hydrogen-bond acceptors (Lipinski definition) is 5. The number of methoxy groups -OCH3 is 1. The number of thiophene rings is 1. The SMILES string of the molecule is COc1ccsc1C(=O)NCCCOCCO. The predicted molar refractivity (Wildman–Crippen MR) is 65.7 cm³/mol. The number of ether oxygens (including phenoxy) is 2. The summed E-state index contributed by atoms with van der Waals surface area (Å²) < 4.78 is 10.1. The van der Waals surface area contributed by atoms with E-state index in [0.29, 0.717) is 30.4 Å². The van der Waals surface area contributed by atoms with Crippen molar-refractivity contribution in [3.63, 3.8) is 0 Å². The van der Waals surface area contributed by atoms with E-state index in [2.05, 4.69) is 5.32 Å². The minimum atomic E-state index is -0.126.